The average molecular weight is 366 g/mol. The summed E-state index contributed by atoms with van der Waals surface area (Å²) in [6.07, 6.45) is 5.25. The summed E-state index contributed by atoms with van der Waals surface area (Å²) in [5.74, 6) is 1.11. The highest BCUT2D eigenvalue weighted by atomic mass is 16.5. The van der Waals surface area contributed by atoms with Gasteiger partial charge in [-0.15, -0.1) is 0 Å². The number of aliphatic hydroxyl groups is 1. The van der Waals surface area contributed by atoms with E-state index in [1.807, 2.05) is 0 Å². The van der Waals surface area contributed by atoms with Crippen LogP contribution in [0.15, 0.2) is 12.1 Å². The summed E-state index contributed by atoms with van der Waals surface area (Å²) >= 11 is 0. The molecule has 2 rings (SSSR count). The monoisotopic (exact) mass is 366 g/mol. The van der Waals surface area contributed by atoms with Crippen molar-refractivity contribution in [3.05, 3.63) is 12.1 Å². The van der Waals surface area contributed by atoms with E-state index in [-0.39, 0.29) is 0 Å². The van der Waals surface area contributed by atoms with Crippen LogP contribution in [0.5, 0.6) is 17.2 Å². The number of ether oxygens (including phenoxy) is 3. The molecule has 0 aliphatic heterocycles. The zero-order valence-corrected chi connectivity index (χ0v) is 15.8. The molecule has 7 heteroatoms. The second-order valence-electron chi connectivity index (χ2n) is 6.72. The Morgan fingerprint density at radius 2 is 1.81 bits per heavy atom. The zero-order valence-electron chi connectivity index (χ0n) is 15.8. The summed E-state index contributed by atoms with van der Waals surface area (Å²) in [6.45, 7) is 0. The Labute approximate surface area is 154 Å². The number of aliphatic hydroxyl groups excluding tert-OH is 1. The molecule has 1 unspecified atom stereocenters. The lowest BCUT2D eigenvalue weighted by Crippen LogP contribution is -2.44. The van der Waals surface area contributed by atoms with Gasteiger partial charge in [0.1, 0.15) is 6.10 Å². The number of hydrogen-bond acceptors (Lipinski definition) is 6. The average Bonchev–Trinajstić information content (AvgIpc) is 2.67. The molecule has 0 aromatic heterocycles. The fourth-order valence-corrected chi connectivity index (χ4v) is 3.54. The Morgan fingerprint density at radius 3 is 2.38 bits per heavy atom. The van der Waals surface area contributed by atoms with Crippen molar-refractivity contribution in [2.45, 2.75) is 50.7 Å². The first kappa shape index (κ1) is 20.3. The maximum Gasteiger partial charge on any atom is 0.254 e. The molecule has 1 aromatic rings. The van der Waals surface area contributed by atoms with E-state index < -0.39 is 18.1 Å². The maximum absolute atomic E-state index is 12.4. The van der Waals surface area contributed by atoms with Crippen molar-refractivity contribution in [1.29, 1.82) is 0 Å². The summed E-state index contributed by atoms with van der Waals surface area (Å²) < 4.78 is 15.9. The molecule has 1 fully saturated rings. The fourth-order valence-electron chi connectivity index (χ4n) is 3.54. The van der Waals surface area contributed by atoms with Gasteiger partial charge in [0.2, 0.25) is 5.75 Å². The first-order chi connectivity index (χ1) is 12.5. The van der Waals surface area contributed by atoms with Gasteiger partial charge in [-0.1, -0.05) is 32.1 Å². The zero-order chi connectivity index (χ0) is 19.1. The van der Waals surface area contributed by atoms with Gasteiger partial charge in [-0.25, -0.2) is 0 Å². The maximum atomic E-state index is 12.4. The van der Waals surface area contributed by atoms with Crippen LogP contribution in [-0.4, -0.2) is 44.5 Å². The number of carbonyl (C=O) groups is 1. The number of hydrogen-bond donors (Lipinski definition) is 3. The first-order valence-electron chi connectivity index (χ1n) is 9.05. The summed E-state index contributed by atoms with van der Waals surface area (Å²) in [5.41, 5.74) is 6.48. The van der Waals surface area contributed by atoms with Gasteiger partial charge in [0.05, 0.1) is 27.0 Å². The molecule has 0 spiro atoms. The predicted molar refractivity (Wildman–Crippen MR) is 99.9 cm³/mol. The van der Waals surface area contributed by atoms with Crippen molar-refractivity contribution >= 4 is 11.6 Å². The summed E-state index contributed by atoms with van der Waals surface area (Å²) in [6, 6.07) is 2.70. The Balaban J connectivity index is 2.05. The summed E-state index contributed by atoms with van der Waals surface area (Å²) in [7, 11) is 4.47. The molecule has 7 nitrogen and oxygen atoms in total. The molecule has 4 N–H and O–H groups in total. The van der Waals surface area contributed by atoms with Crippen LogP contribution in [0, 0.1) is 5.92 Å². The third kappa shape index (κ3) is 4.80. The van der Waals surface area contributed by atoms with Gasteiger partial charge in [0.15, 0.2) is 11.5 Å². The molecule has 1 saturated carbocycles. The van der Waals surface area contributed by atoms with Gasteiger partial charge in [0.25, 0.3) is 5.91 Å². The van der Waals surface area contributed by atoms with E-state index in [0.29, 0.717) is 35.3 Å². The normalized spacial score (nSPS) is 17.3. The number of nitrogens with one attached hydrogen (secondary N) is 1. The molecule has 0 bridgehead atoms. The predicted octanol–water partition coefficient (Wildman–Crippen LogP) is 2.31. The lowest BCUT2D eigenvalue weighted by Gasteiger charge is -2.26. The minimum Gasteiger partial charge on any atom is -0.493 e. The van der Waals surface area contributed by atoms with Gasteiger partial charge in [-0.05, 0) is 24.5 Å². The number of methoxy groups -OCH3 is 3. The molecule has 1 aliphatic rings. The van der Waals surface area contributed by atoms with Crippen molar-refractivity contribution in [1.82, 2.24) is 0 Å². The van der Waals surface area contributed by atoms with Crippen molar-refractivity contribution in [2.24, 2.45) is 11.7 Å². The minimum absolute atomic E-state index is 0.327. The highest BCUT2D eigenvalue weighted by Crippen LogP contribution is 2.42. The number of carbonyl (C=O) groups excluding carboxylic acids is 1. The van der Waals surface area contributed by atoms with E-state index in [4.69, 9.17) is 19.9 Å². The van der Waals surface area contributed by atoms with E-state index in [2.05, 4.69) is 5.32 Å². The molecule has 1 aromatic carbocycles. The van der Waals surface area contributed by atoms with E-state index >= 15 is 0 Å². The molecular weight excluding hydrogens is 336 g/mol. The smallest absolute Gasteiger partial charge is 0.254 e. The lowest BCUT2D eigenvalue weighted by atomic mass is 9.84. The topological polar surface area (TPSA) is 103 Å². The Morgan fingerprint density at radius 1 is 1.15 bits per heavy atom. The van der Waals surface area contributed by atoms with E-state index in [1.165, 1.54) is 40.6 Å². The highest BCUT2D eigenvalue weighted by molar-refractivity contribution is 5.96. The minimum atomic E-state index is -1.28. The van der Waals surface area contributed by atoms with Gasteiger partial charge in [-0.3, -0.25) is 4.79 Å². The molecule has 2 atom stereocenters. The van der Waals surface area contributed by atoms with Crippen molar-refractivity contribution in [3.8, 4) is 17.2 Å². The number of amides is 1. The first-order valence-corrected chi connectivity index (χ1v) is 9.05. The van der Waals surface area contributed by atoms with Crippen molar-refractivity contribution in [2.75, 3.05) is 26.6 Å². The molecule has 0 saturated heterocycles. The molecule has 26 heavy (non-hydrogen) atoms. The lowest BCUT2D eigenvalue weighted by molar-refractivity contribution is -0.125. The van der Waals surface area contributed by atoms with Gasteiger partial charge in [0, 0.05) is 6.04 Å². The Bertz CT molecular complexity index is 602. The highest BCUT2D eigenvalue weighted by Gasteiger charge is 2.28. The van der Waals surface area contributed by atoms with Crippen LogP contribution >= 0.6 is 0 Å². The number of benzene rings is 1. The number of rotatable bonds is 8. The van der Waals surface area contributed by atoms with E-state index in [9.17, 15) is 9.90 Å². The van der Waals surface area contributed by atoms with E-state index in [0.717, 1.165) is 12.8 Å². The Kier molecular flexibility index (Phi) is 7.53. The quantitative estimate of drug-likeness (QED) is 0.652. The third-order valence-electron chi connectivity index (χ3n) is 4.97. The second-order valence-corrected chi connectivity index (χ2v) is 6.72. The molecule has 1 aliphatic carbocycles. The molecular formula is C19H30N2O5. The standard InChI is InChI=1S/C19H30N2O5/c1-24-15-10-9-14(17(25-2)18(15)26-3)21-19(23)16(22)13(20)11-12-7-5-4-6-8-12/h9-10,12-13,16,22H,4-8,11,20H2,1-3H3,(H,21,23)/t13-,16?/m1/s1. The van der Waals surface area contributed by atoms with Gasteiger partial charge in [-0.2, -0.15) is 0 Å². The van der Waals surface area contributed by atoms with Gasteiger partial charge >= 0.3 is 0 Å². The van der Waals surface area contributed by atoms with Crippen molar-refractivity contribution in [3.63, 3.8) is 0 Å². The second kappa shape index (κ2) is 9.64. The van der Waals surface area contributed by atoms with Crippen molar-refractivity contribution < 1.29 is 24.1 Å². The number of nitrogens with two attached hydrogens (primary N) is 1. The summed E-state index contributed by atoms with van der Waals surface area (Å²) in [5, 5.41) is 13.0. The SMILES string of the molecule is COc1ccc(NC(=O)C(O)[C@H](N)CC2CCCCC2)c(OC)c1OC. The van der Waals surface area contributed by atoms with Gasteiger partial charge < -0.3 is 30.4 Å². The molecule has 1 amide bonds. The summed E-state index contributed by atoms with van der Waals surface area (Å²) in [4.78, 5) is 12.4. The van der Waals surface area contributed by atoms with Crippen LogP contribution < -0.4 is 25.3 Å². The van der Waals surface area contributed by atoms with Crippen LogP contribution in [0.1, 0.15) is 38.5 Å². The third-order valence-corrected chi connectivity index (χ3v) is 4.97. The number of anilines is 1. The van der Waals surface area contributed by atoms with Crippen LogP contribution in [0.3, 0.4) is 0 Å². The molecule has 146 valence electrons. The van der Waals surface area contributed by atoms with Crippen LogP contribution in [0.4, 0.5) is 5.69 Å². The Hall–Kier alpha value is -1.99. The van der Waals surface area contributed by atoms with Crippen LogP contribution in [0.25, 0.3) is 0 Å². The largest absolute Gasteiger partial charge is 0.493 e. The fraction of sp³-hybridized carbons (Fsp3) is 0.632. The van der Waals surface area contributed by atoms with E-state index in [1.54, 1.807) is 12.1 Å². The van der Waals surface area contributed by atoms with Crippen LogP contribution in [-0.2, 0) is 4.79 Å². The molecule has 0 radical (unpaired) electrons. The van der Waals surface area contributed by atoms with Crippen LogP contribution in [0.2, 0.25) is 0 Å². The molecule has 0 heterocycles.